The minimum atomic E-state index is -0.613. The van der Waals surface area contributed by atoms with E-state index in [-0.39, 0.29) is 22.4 Å². The Morgan fingerprint density at radius 2 is 2.00 bits per heavy atom. The number of carbonyl (C=O) groups excluding carboxylic acids is 2. The van der Waals surface area contributed by atoms with Crippen LogP contribution in [0.3, 0.4) is 0 Å². The Morgan fingerprint density at radius 1 is 1.16 bits per heavy atom. The first-order valence-corrected chi connectivity index (χ1v) is 9.51. The summed E-state index contributed by atoms with van der Waals surface area (Å²) in [6.07, 6.45) is 1.60. The number of hydrogen-bond acceptors (Lipinski definition) is 8. The van der Waals surface area contributed by atoms with Gasteiger partial charge in [0.05, 0.1) is 11.3 Å². The number of amides is 2. The summed E-state index contributed by atoms with van der Waals surface area (Å²) < 4.78 is 14.1. The van der Waals surface area contributed by atoms with Crippen LogP contribution in [0, 0.1) is 5.82 Å². The lowest BCUT2D eigenvalue weighted by Crippen LogP contribution is -2.13. The van der Waals surface area contributed by atoms with Gasteiger partial charge in [-0.15, -0.1) is 21.5 Å². The molecular weight excluding hydrogens is 385 g/mol. The van der Waals surface area contributed by atoms with Crippen molar-refractivity contribution in [3.63, 3.8) is 0 Å². The number of nitrogens with one attached hydrogen (secondary N) is 2. The molecule has 0 aliphatic carbocycles. The predicted octanol–water partition coefficient (Wildman–Crippen LogP) is 3.12. The van der Waals surface area contributed by atoms with Gasteiger partial charge in [-0.3, -0.25) is 14.9 Å². The fourth-order valence-corrected chi connectivity index (χ4v) is 3.79. The molecule has 0 aliphatic heterocycles. The number of thiazole rings is 1. The Kier molecular flexibility index (Phi) is 5.68. The third kappa shape index (κ3) is 4.81. The normalized spacial score (nSPS) is 10.4. The van der Waals surface area contributed by atoms with Crippen LogP contribution in [0.2, 0.25) is 0 Å². The van der Waals surface area contributed by atoms with Crippen LogP contribution in [0.25, 0.3) is 0 Å². The maximum atomic E-state index is 13.6. The summed E-state index contributed by atoms with van der Waals surface area (Å²) >= 11 is 3.61. The van der Waals surface area contributed by atoms with Crippen molar-refractivity contribution in [2.75, 3.05) is 16.4 Å². The van der Waals surface area contributed by atoms with Crippen molar-refractivity contribution in [3.8, 4) is 0 Å². The van der Waals surface area contributed by atoms with Crippen molar-refractivity contribution in [2.45, 2.75) is 4.34 Å². The van der Waals surface area contributed by atoms with E-state index in [4.69, 9.17) is 0 Å². The van der Waals surface area contributed by atoms with Crippen molar-refractivity contribution in [1.82, 2.24) is 15.2 Å². The van der Waals surface area contributed by atoms with Gasteiger partial charge in [-0.05, 0) is 12.1 Å². The first-order valence-electron chi connectivity index (χ1n) is 6.83. The summed E-state index contributed by atoms with van der Waals surface area (Å²) in [6, 6.07) is 5.66. The molecule has 2 aromatic heterocycles. The lowest BCUT2D eigenvalue weighted by atomic mass is 10.2. The number of benzene rings is 1. The van der Waals surface area contributed by atoms with Gasteiger partial charge in [0.2, 0.25) is 11.0 Å². The summed E-state index contributed by atoms with van der Waals surface area (Å²) in [6.45, 7) is 0. The summed E-state index contributed by atoms with van der Waals surface area (Å²) in [4.78, 5) is 27.7. The van der Waals surface area contributed by atoms with Crippen molar-refractivity contribution in [1.29, 1.82) is 0 Å². The molecule has 0 aliphatic rings. The topological polar surface area (TPSA) is 96.9 Å². The quantitative estimate of drug-likeness (QED) is 0.492. The third-order valence-electron chi connectivity index (χ3n) is 2.75. The van der Waals surface area contributed by atoms with Gasteiger partial charge in [0.1, 0.15) is 5.82 Å². The molecule has 0 atom stereocenters. The van der Waals surface area contributed by atoms with Crippen molar-refractivity contribution >= 4 is 56.5 Å². The highest BCUT2D eigenvalue weighted by molar-refractivity contribution is 8.01. The van der Waals surface area contributed by atoms with Crippen LogP contribution < -0.4 is 10.6 Å². The molecule has 2 N–H and O–H groups in total. The standard InChI is InChI=1S/C14H10FN5O2S3/c15-9-4-2-1-3-8(9)11(22)18-13-19-20-14(25-13)24-7-10(21)17-12-16-5-6-23-12/h1-6H,7H2,(H,16,17,21)(H,18,19,22). The smallest absolute Gasteiger partial charge is 0.260 e. The number of hydrogen-bond donors (Lipinski definition) is 2. The number of anilines is 2. The molecule has 0 saturated heterocycles. The van der Waals surface area contributed by atoms with Crippen LogP contribution in [0.1, 0.15) is 10.4 Å². The van der Waals surface area contributed by atoms with E-state index in [0.717, 1.165) is 11.3 Å². The van der Waals surface area contributed by atoms with Gasteiger partial charge in [0, 0.05) is 11.6 Å². The lowest BCUT2D eigenvalue weighted by Gasteiger charge is -2.01. The predicted molar refractivity (Wildman–Crippen MR) is 95.7 cm³/mol. The van der Waals surface area contributed by atoms with E-state index in [2.05, 4.69) is 25.8 Å². The van der Waals surface area contributed by atoms with Crippen LogP contribution in [-0.2, 0) is 4.79 Å². The first-order chi connectivity index (χ1) is 12.1. The number of carbonyl (C=O) groups is 2. The van der Waals surface area contributed by atoms with Gasteiger partial charge < -0.3 is 5.32 Å². The number of nitrogens with zero attached hydrogens (tertiary/aromatic N) is 3. The minimum absolute atomic E-state index is 0.0743. The number of aromatic nitrogens is 3. The molecule has 25 heavy (non-hydrogen) atoms. The largest absolute Gasteiger partial charge is 0.301 e. The molecule has 1 aromatic carbocycles. The van der Waals surface area contributed by atoms with Gasteiger partial charge in [0.15, 0.2) is 9.47 Å². The molecule has 0 spiro atoms. The molecule has 2 amide bonds. The van der Waals surface area contributed by atoms with Crippen LogP contribution in [0.15, 0.2) is 40.2 Å². The Balaban J connectivity index is 1.53. The van der Waals surface area contributed by atoms with Gasteiger partial charge >= 0.3 is 0 Å². The Hall–Kier alpha value is -2.37. The van der Waals surface area contributed by atoms with Gasteiger partial charge in [-0.1, -0.05) is 35.2 Å². The Labute approximate surface area is 153 Å². The highest BCUT2D eigenvalue weighted by Gasteiger charge is 2.14. The van der Waals surface area contributed by atoms with E-state index in [1.165, 1.54) is 41.3 Å². The average molecular weight is 395 g/mol. The molecule has 0 fully saturated rings. The van der Waals surface area contributed by atoms with Crippen LogP contribution in [0.5, 0.6) is 0 Å². The van der Waals surface area contributed by atoms with E-state index in [9.17, 15) is 14.0 Å². The maximum absolute atomic E-state index is 13.6. The zero-order valence-electron chi connectivity index (χ0n) is 12.4. The van der Waals surface area contributed by atoms with Crippen LogP contribution >= 0.6 is 34.4 Å². The molecule has 2 heterocycles. The van der Waals surface area contributed by atoms with E-state index in [0.29, 0.717) is 9.47 Å². The van der Waals surface area contributed by atoms with Gasteiger partial charge in [-0.2, -0.15) is 0 Å². The van der Waals surface area contributed by atoms with E-state index >= 15 is 0 Å². The highest BCUT2D eigenvalue weighted by Crippen LogP contribution is 2.26. The summed E-state index contributed by atoms with van der Waals surface area (Å²) in [5, 5.41) is 15.4. The van der Waals surface area contributed by atoms with Crippen LogP contribution in [0.4, 0.5) is 14.7 Å². The second-order valence-electron chi connectivity index (χ2n) is 4.48. The summed E-state index contributed by atoms with van der Waals surface area (Å²) in [5.41, 5.74) is -0.0743. The molecule has 11 heteroatoms. The summed E-state index contributed by atoms with van der Waals surface area (Å²) in [5.74, 6) is -1.30. The van der Waals surface area contributed by atoms with E-state index < -0.39 is 11.7 Å². The van der Waals surface area contributed by atoms with E-state index in [1.807, 2.05) is 0 Å². The molecular formula is C14H10FN5O2S3. The molecule has 3 aromatic rings. The maximum Gasteiger partial charge on any atom is 0.260 e. The fraction of sp³-hybridized carbons (Fsp3) is 0.0714. The molecule has 0 radical (unpaired) electrons. The number of thioether (sulfide) groups is 1. The molecule has 3 rings (SSSR count). The van der Waals surface area contributed by atoms with Gasteiger partial charge in [0.25, 0.3) is 5.91 Å². The third-order valence-corrected chi connectivity index (χ3v) is 5.41. The summed E-state index contributed by atoms with van der Waals surface area (Å²) in [7, 11) is 0. The van der Waals surface area contributed by atoms with Crippen molar-refractivity contribution in [3.05, 3.63) is 47.2 Å². The SMILES string of the molecule is O=C(CSc1nnc(NC(=O)c2ccccc2F)s1)Nc1nccs1. The monoisotopic (exact) mass is 395 g/mol. The lowest BCUT2D eigenvalue weighted by molar-refractivity contribution is -0.113. The van der Waals surface area contributed by atoms with Crippen molar-refractivity contribution in [2.24, 2.45) is 0 Å². The average Bonchev–Trinajstić information content (AvgIpc) is 3.25. The fourth-order valence-electron chi connectivity index (χ4n) is 1.70. The second-order valence-corrected chi connectivity index (χ2v) is 7.58. The minimum Gasteiger partial charge on any atom is -0.301 e. The molecule has 0 saturated carbocycles. The Morgan fingerprint density at radius 3 is 2.76 bits per heavy atom. The molecule has 7 nitrogen and oxygen atoms in total. The first kappa shape index (κ1) is 17.5. The Bertz CT molecular complexity index is 884. The van der Waals surface area contributed by atoms with Gasteiger partial charge in [-0.25, -0.2) is 9.37 Å². The number of halogens is 1. The second kappa shape index (κ2) is 8.14. The zero-order valence-corrected chi connectivity index (χ0v) is 14.9. The van der Waals surface area contributed by atoms with Crippen molar-refractivity contribution < 1.29 is 14.0 Å². The number of rotatable bonds is 6. The molecule has 0 bridgehead atoms. The van der Waals surface area contributed by atoms with E-state index in [1.54, 1.807) is 17.6 Å². The zero-order chi connectivity index (χ0) is 17.6. The molecule has 128 valence electrons. The molecule has 0 unspecified atom stereocenters. The highest BCUT2D eigenvalue weighted by atomic mass is 32.2. The van der Waals surface area contributed by atoms with Crippen LogP contribution in [-0.4, -0.2) is 32.7 Å².